The van der Waals surface area contributed by atoms with Crippen LogP contribution in [-0.2, 0) is 13.2 Å². The first-order valence-corrected chi connectivity index (χ1v) is 11.0. The Morgan fingerprint density at radius 1 is 1.17 bits per heavy atom. The van der Waals surface area contributed by atoms with Crippen LogP contribution in [0.3, 0.4) is 0 Å². The lowest BCUT2D eigenvalue weighted by atomic mass is 10.00. The molecule has 0 atom stereocenters. The molecule has 0 amide bonds. The normalized spacial score (nSPS) is 11.6. The van der Waals surface area contributed by atoms with Crippen LogP contribution < -0.4 is 16.4 Å². The molecule has 0 unspecified atom stereocenters. The van der Waals surface area contributed by atoms with Crippen molar-refractivity contribution in [2.75, 3.05) is 18.4 Å². The van der Waals surface area contributed by atoms with Crippen LogP contribution in [0.2, 0.25) is 0 Å². The summed E-state index contributed by atoms with van der Waals surface area (Å²) >= 11 is 0. The third-order valence-corrected chi connectivity index (χ3v) is 5.45. The van der Waals surface area contributed by atoms with Crippen molar-refractivity contribution < 1.29 is 17.6 Å². The van der Waals surface area contributed by atoms with Crippen molar-refractivity contribution in [1.29, 1.82) is 5.41 Å². The summed E-state index contributed by atoms with van der Waals surface area (Å²) in [6, 6.07) is 9.90. The van der Waals surface area contributed by atoms with Crippen molar-refractivity contribution in [3.8, 4) is 22.4 Å². The van der Waals surface area contributed by atoms with Crippen molar-refractivity contribution in [2.24, 2.45) is 12.8 Å². The molecule has 1 radical (unpaired) electrons. The molecule has 36 heavy (non-hydrogen) atoms. The molecule has 187 valence electrons. The lowest BCUT2D eigenvalue weighted by molar-refractivity contribution is -0.137. The van der Waals surface area contributed by atoms with Gasteiger partial charge in [-0.3, -0.25) is 5.41 Å². The van der Waals surface area contributed by atoms with E-state index >= 15 is 0 Å². The number of nitrogens with two attached hydrogens (primary N) is 1. The number of halogens is 4. The summed E-state index contributed by atoms with van der Waals surface area (Å²) in [5, 5.41) is 18.2. The molecule has 0 bridgehead atoms. The number of alkyl halides is 3. The van der Waals surface area contributed by atoms with Crippen molar-refractivity contribution in [1.82, 2.24) is 25.1 Å². The molecule has 0 aliphatic rings. The highest BCUT2D eigenvalue weighted by Crippen LogP contribution is 2.34. The van der Waals surface area contributed by atoms with E-state index in [1.54, 1.807) is 24.0 Å². The molecule has 0 saturated carbocycles. The van der Waals surface area contributed by atoms with Crippen LogP contribution >= 0.6 is 0 Å². The topological polar surface area (TPSA) is 118 Å². The van der Waals surface area contributed by atoms with Crippen molar-refractivity contribution in [3.63, 3.8) is 0 Å². The standard InChI is InChI=1S/C24H23F4N8/c1-36-21-18(13-33-23(34-21)32-11-3-2-10-31-22(29)30)20(35-36)15-6-4-14(5-7-15)17-12-16(24(26,27)28)8-9-19(17)25/h4-6,8-9,12-13H,2-3,10-11H2,1H3,(H4,29,30,31)(H,32,33,34). The number of rotatable bonds is 8. The highest BCUT2D eigenvalue weighted by atomic mass is 19.4. The summed E-state index contributed by atoms with van der Waals surface area (Å²) in [6.45, 7) is 1.24. The summed E-state index contributed by atoms with van der Waals surface area (Å²) in [4.78, 5) is 8.86. The molecule has 2 aromatic heterocycles. The van der Waals surface area contributed by atoms with Crippen LogP contribution in [0.15, 0.2) is 42.6 Å². The Bertz CT molecular complexity index is 1380. The van der Waals surface area contributed by atoms with Crippen LogP contribution in [0.5, 0.6) is 0 Å². The Morgan fingerprint density at radius 3 is 2.64 bits per heavy atom. The second kappa shape index (κ2) is 10.2. The van der Waals surface area contributed by atoms with E-state index < -0.39 is 17.6 Å². The zero-order valence-corrected chi connectivity index (χ0v) is 19.2. The molecular formula is C24H23F4N8. The van der Waals surface area contributed by atoms with Gasteiger partial charge in [0.25, 0.3) is 0 Å². The van der Waals surface area contributed by atoms with Crippen LogP contribution in [-0.4, -0.2) is 38.8 Å². The van der Waals surface area contributed by atoms with Gasteiger partial charge in [-0.1, -0.05) is 12.1 Å². The van der Waals surface area contributed by atoms with Crippen LogP contribution in [0, 0.1) is 17.3 Å². The van der Waals surface area contributed by atoms with Crippen LogP contribution in [0.4, 0.5) is 23.5 Å². The predicted octanol–water partition coefficient (Wildman–Crippen LogP) is 4.33. The lowest BCUT2D eigenvalue weighted by Crippen LogP contribution is -2.31. The van der Waals surface area contributed by atoms with Gasteiger partial charge in [-0.15, -0.1) is 0 Å². The Balaban J connectivity index is 1.51. The smallest absolute Gasteiger partial charge is 0.370 e. The fraction of sp³-hybridized carbons (Fsp3) is 0.250. The molecular weight excluding hydrogens is 476 g/mol. The van der Waals surface area contributed by atoms with E-state index in [1.165, 1.54) is 12.1 Å². The number of aryl methyl sites for hydroxylation is 1. The molecule has 12 heteroatoms. The van der Waals surface area contributed by atoms with E-state index in [1.807, 2.05) is 0 Å². The summed E-state index contributed by atoms with van der Waals surface area (Å²) < 4.78 is 55.0. The number of fused-ring (bicyclic) bond motifs is 1. The van der Waals surface area contributed by atoms with Gasteiger partial charge in [0.15, 0.2) is 11.6 Å². The Labute approximate surface area is 204 Å². The first-order valence-electron chi connectivity index (χ1n) is 11.0. The number of aromatic nitrogens is 4. The Hall–Kier alpha value is -4.22. The zero-order chi connectivity index (χ0) is 25.9. The Kier molecular flexibility index (Phi) is 7.04. The highest BCUT2D eigenvalue weighted by molar-refractivity contribution is 5.91. The van der Waals surface area contributed by atoms with Gasteiger partial charge in [0, 0.05) is 37.5 Å². The van der Waals surface area contributed by atoms with E-state index in [4.69, 9.17) is 11.1 Å². The van der Waals surface area contributed by atoms with Crippen LogP contribution in [0.25, 0.3) is 33.4 Å². The molecule has 0 saturated heterocycles. The van der Waals surface area contributed by atoms with E-state index in [2.05, 4.69) is 31.8 Å². The summed E-state index contributed by atoms with van der Waals surface area (Å²) in [6.07, 6.45) is -1.29. The Morgan fingerprint density at radius 2 is 1.94 bits per heavy atom. The number of unbranched alkanes of at least 4 members (excludes halogenated alkanes) is 1. The van der Waals surface area contributed by atoms with E-state index in [0.29, 0.717) is 47.4 Å². The van der Waals surface area contributed by atoms with Crippen LogP contribution in [0.1, 0.15) is 18.4 Å². The molecule has 0 aliphatic heterocycles. The van der Waals surface area contributed by atoms with Gasteiger partial charge in [-0.2, -0.15) is 23.3 Å². The molecule has 2 heterocycles. The minimum atomic E-state index is -4.57. The van der Waals surface area contributed by atoms with Crippen molar-refractivity contribution in [2.45, 2.75) is 19.0 Å². The maximum absolute atomic E-state index is 14.3. The third kappa shape index (κ3) is 5.53. The second-order valence-corrected chi connectivity index (χ2v) is 8.06. The first-order chi connectivity index (χ1) is 17.1. The van der Waals surface area contributed by atoms with Gasteiger partial charge in [0.05, 0.1) is 10.9 Å². The number of hydrogen-bond donors (Lipinski definition) is 4. The summed E-state index contributed by atoms with van der Waals surface area (Å²) in [5.74, 6) is -0.370. The minimum Gasteiger partial charge on any atom is -0.370 e. The number of anilines is 1. The van der Waals surface area contributed by atoms with E-state index in [0.717, 1.165) is 25.0 Å². The number of guanidine groups is 1. The SMILES string of the molecule is Cn1nc(-c2[c]cc(-c3cc(C(F)(F)F)ccc3F)cc2)c2cnc(NCCCCNC(=N)N)nc21. The van der Waals surface area contributed by atoms with Crippen molar-refractivity contribution in [3.05, 3.63) is 60.0 Å². The zero-order valence-electron chi connectivity index (χ0n) is 19.2. The molecule has 8 nitrogen and oxygen atoms in total. The largest absolute Gasteiger partial charge is 0.416 e. The summed E-state index contributed by atoms with van der Waals surface area (Å²) in [5.41, 5.74) is 6.13. The van der Waals surface area contributed by atoms with E-state index in [-0.39, 0.29) is 17.1 Å². The molecule has 0 aliphatic carbocycles. The fourth-order valence-corrected chi connectivity index (χ4v) is 3.66. The van der Waals surface area contributed by atoms with Gasteiger partial charge in [-0.25, -0.2) is 14.1 Å². The monoisotopic (exact) mass is 499 g/mol. The molecule has 0 spiro atoms. The molecule has 4 rings (SSSR count). The lowest BCUT2D eigenvalue weighted by Gasteiger charge is -2.10. The van der Waals surface area contributed by atoms with Gasteiger partial charge in [-0.05, 0) is 48.7 Å². The average Bonchev–Trinajstić information content (AvgIpc) is 3.16. The quantitative estimate of drug-likeness (QED) is 0.124. The first kappa shape index (κ1) is 24.9. The maximum atomic E-state index is 14.3. The van der Waals surface area contributed by atoms with E-state index in [9.17, 15) is 17.6 Å². The van der Waals surface area contributed by atoms with Crippen molar-refractivity contribution >= 4 is 22.9 Å². The number of nitrogens with one attached hydrogen (secondary N) is 3. The number of nitrogens with zero attached hydrogens (tertiary/aromatic N) is 4. The highest BCUT2D eigenvalue weighted by Gasteiger charge is 2.31. The molecule has 4 aromatic rings. The average molecular weight is 499 g/mol. The predicted molar refractivity (Wildman–Crippen MR) is 129 cm³/mol. The third-order valence-electron chi connectivity index (χ3n) is 5.45. The summed E-state index contributed by atoms with van der Waals surface area (Å²) in [7, 11) is 1.74. The van der Waals surface area contributed by atoms with Gasteiger partial charge in [0.1, 0.15) is 11.5 Å². The van der Waals surface area contributed by atoms with Gasteiger partial charge >= 0.3 is 6.18 Å². The van der Waals surface area contributed by atoms with Gasteiger partial charge < -0.3 is 16.4 Å². The maximum Gasteiger partial charge on any atom is 0.416 e. The number of benzene rings is 2. The molecule has 0 fully saturated rings. The van der Waals surface area contributed by atoms with Gasteiger partial charge in [0.2, 0.25) is 5.95 Å². The number of hydrogen-bond acceptors (Lipinski definition) is 5. The minimum absolute atomic E-state index is 0.0570. The molecule has 5 N–H and O–H groups in total. The fourth-order valence-electron chi connectivity index (χ4n) is 3.66. The molecule has 2 aromatic carbocycles. The second-order valence-electron chi connectivity index (χ2n) is 8.06.